The summed E-state index contributed by atoms with van der Waals surface area (Å²) in [7, 11) is 0. The molecule has 0 spiro atoms. The van der Waals surface area contributed by atoms with E-state index in [1.807, 2.05) is 6.92 Å². The molecule has 1 saturated carbocycles. The highest BCUT2D eigenvalue weighted by Crippen LogP contribution is 2.24. The van der Waals surface area contributed by atoms with Gasteiger partial charge >= 0.3 is 0 Å². The molecule has 3 N–H and O–H groups in total. The first-order valence-electron chi connectivity index (χ1n) is 7.69. The quantitative estimate of drug-likeness (QED) is 0.659. The van der Waals surface area contributed by atoms with Gasteiger partial charge < -0.3 is 15.7 Å². The van der Waals surface area contributed by atoms with E-state index in [-0.39, 0.29) is 24.6 Å². The zero-order valence-electron chi connectivity index (χ0n) is 12.6. The van der Waals surface area contributed by atoms with Gasteiger partial charge in [0.1, 0.15) is 0 Å². The molecule has 0 heterocycles. The van der Waals surface area contributed by atoms with Gasteiger partial charge in [-0.05, 0) is 38.0 Å². The Morgan fingerprint density at radius 3 is 2.58 bits per heavy atom. The van der Waals surface area contributed by atoms with Crippen LogP contribution in [0, 0.1) is 11.8 Å². The number of amides is 1. The zero-order chi connectivity index (χ0) is 14.3. The van der Waals surface area contributed by atoms with Crippen LogP contribution >= 0.6 is 0 Å². The lowest BCUT2D eigenvalue weighted by Crippen LogP contribution is -2.50. The average Bonchev–Trinajstić information content (AvgIpc) is 2.38. The van der Waals surface area contributed by atoms with Crippen molar-refractivity contribution < 1.29 is 9.90 Å². The third-order valence-electron chi connectivity index (χ3n) is 4.02. The van der Waals surface area contributed by atoms with Crippen molar-refractivity contribution in [3.05, 3.63) is 0 Å². The van der Waals surface area contributed by atoms with E-state index in [4.69, 9.17) is 0 Å². The minimum absolute atomic E-state index is 0.0721. The number of aliphatic hydroxyl groups is 1. The Kier molecular flexibility index (Phi) is 7.39. The summed E-state index contributed by atoms with van der Waals surface area (Å²) in [6.45, 7) is 7.19. The van der Waals surface area contributed by atoms with E-state index in [0.717, 1.165) is 25.8 Å². The Morgan fingerprint density at radius 1 is 1.26 bits per heavy atom. The Hall–Kier alpha value is -0.610. The van der Waals surface area contributed by atoms with Crippen LogP contribution in [0.4, 0.5) is 0 Å². The molecule has 4 nitrogen and oxygen atoms in total. The van der Waals surface area contributed by atoms with Crippen molar-refractivity contribution in [3.63, 3.8) is 0 Å². The molecular formula is C15H30N2O2. The van der Waals surface area contributed by atoms with Crippen LogP contribution in [0.3, 0.4) is 0 Å². The van der Waals surface area contributed by atoms with Gasteiger partial charge in [-0.25, -0.2) is 0 Å². The summed E-state index contributed by atoms with van der Waals surface area (Å²) in [6, 6.07) is 0.105. The molecule has 1 rings (SSSR count). The number of aliphatic hydroxyl groups excluding tert-OH is 1. The van der Waals surface area contributed by atoms with Crippen LogP contribution in [0.5, 0.6) is 0 Å². The minimum Gasteiger partial charge on any atom is -0.396 e. The summed E-state index contributed by atoms with van der Waals surface area (Å²) in [6.07, 6.45) is 5.53. The molecule has 19 heavy (non-hydrogen) atoms. The molecule has 0 aromatic rings. The van der Waals surface area contributed by atoms with E-state index in [9.17, 15) is 9.90 Å². The SMILES string of the molecule is CC(C)CCNC(=O)C(C)NC1CCCCC1CO. The zero-order valence-corrected chi connectivity index (χ0v) is 12.6. The second-order valence-corrected chi connectivity index (χ2v) is 6.20. The molecule has 1 amide bonds. The van der Waals surface area contributed by atoms with Gasteiger partial charge in [-0.15, -0.1) is 0 Å². The highest BCUT2D eigenvalue weighted by molar-refractivity contribution is 5.81. The molecule has 1 fully saturated rings. The van der Waals surface area contributed by atoms with E-state index in [1.54, 1.807) is 0 Å². The lowest BCUT2D eigenvalue weighted by molar-refractivity contribution is -0.123. The van der Waals surface area contributed by atoms with Gasteiger partial charge in [-0.1, -0.05) is 26.7 Å². The maximum atomic E-state index is 12.0. The Bertz CT molecular complexity index is 269. The van der Waals surface area contributed by atoms with Crippen molar-refractivity contribution >= 4 is 5.91 Å². The van der Waals surface area contributed by atoms with E-state index < -0.39 is 0 Å². The first-order chi connectivity index (χ1) is 9.04. The highest BCUT2D eigenvalue weighted by Gasteiger charge is 2.27. The Labute approximate surface area is 117 Å². The van der Waals surface area contributed by atoms with Gasteiger partial charge in [0.05, 0.1) is 6.04 Å². The Morgan fingerprint density at radius 2 is 1.95 bits per heavy atom. The summed E-state index contributed by atoms with van der Waals surface area (Å²) in [5.74, 6) is 0.989. The molecule has 0 aromatic heterocycles. The van der Waals surface area contributed by atoms with E-state index >= 15 is 0 Å². The third-order valence-corrected chi connectivity index (χ3v) is 4.02. The number of rotatable bonds is 7. The van der Waals surface area contributed by atoms with Crippen LogP contribution in [0.2, 0.25) is 0 Å². The van der Waals surface area contributed by atoms with Gasteiger partial charge in [0.25, 0.3) is 0 Å². The monoisotopic (exact) mass is 270 g/mol. The van der Waals surface area contributed by atoms with Gasteiger partial charge in [0, 0.05) is 19.2 Å². The normalized spacial score (nSPS) is 25.3. The summed E-state index contributed by atoms with van der Waals surface area (Å²) < 4.78 is 0. The summed E-state index contributed by atoms with van der Waals surface area (Å²) >= 11 is 0. The number of hydrogen-bond acceptors (Lipinski definition) is 3. The molecular weight excluding hydrogens is 240 g/mol. The van der Waals surface area contributed by atoms with Crippen LogP contribution in [0.25, 0.3) is 0 Å². The van der Waals surface area contributed by atoms with Gasteiger partial charge in [0.15, 0.2) is 0 Å². The first-order valence-corrected chi connectivity index (χ1v) is 7.69. The minimum atomic E-state index is -0.177. The molecule has 1 aliphatic rings. The third kappa shape index (κ3) is 5.91. The average molecular weight is 270 g/mol. The van der Waals surface area contributed by atoms with Crippen LogP contribution < -0.4 is 10.6 Å². The van der Waals surface area contributed by atoms with Gasteiger partial charge in [-0.2, -0.15) is 0 Å². The van der Waals surface area contributed by atoms with Crippen molar-refractivity contribution in [2.45, 2.75) is 65.0 Å². The molecule has 0 radical (unpaired) electrons. The van der Waals surface area contributed by atoms with Crippen LogP contribution in [-0.2, 0) is 4.79 Å². The topological polar surface area (TPSA) is 61.4 Å². The van der Waals surface area contributed by atoms with E-state index in [0.29, 0.717) is 11.8 Å². The lowest BCUT2D eigenvalue weighted by Gasteiger charge is -2.33. The van der Waals surface area contributed by atoms with Crippen LogP contribution in [0.15, 0.2) is 0 Å². The summed E-state index contributed by atoms with van der Waals surface area (Å²) in [5.41, 5.74) is 0. The second kappa shape index (κ2) is 8.54. The first kappa shape index (κ1) is 16.4. The fraction of sp³-hybridized carbons (Fsp3) is 0.933. The highest BCUT2D eigenvalue weighted by atomic mass is 16.3. The largest absolute Gasteiger partial charge is 0.396 e. The van der Waals surface area contributed by atoms with Gasteiger partial charge in [0.2, 0.25) is 5.91 Å². The van der Waals surface area contributed by atoms with Crippen LogP contribution in [0.1, 0.15) is 52.9 Å². The predicted molar refractivity (Wildman–Crippen MR) is 77.9 cm³/mol. The molecule has 0 aliphatic heterocycles. The fourth-order valence-corrected chi connectivity index (χ4v) is 2.68. The molecule has 1 aliphatic carbocycles. The number of carbonyl (C=O) groups excluding carboxylic acids is 1. The molecule has 0 bridgehead atoms. The van der Waals surface area contributed by atoms with Gasteiger partial charge in [-0.3, -0.25) is 4.79 Å². The molecule has 3 atom stereocenters. The maximum Gasteiger partial charge on any atom is 0.236 e. The van der Waals surface area contributed by atoms with E-state index in [1.165, 1.54) is 12.8 Å². The smallest absolute Gasteiger partial charge is 0.236 e. The Balaban J connectivity index is 2.31. The summed E-state index contributed by atoms with van der Waals surface area (Å²) in [4.78, 5) is 12.0. The molecule has 112 valence electrons. The molecule has 4 heteroatoms. The van der Waals surface area contributed by atoms with Crippen molar-refractivity contribution in [1.82, 2.24) is 10.6 Å². The number of nitrogens with one attached hydrogen (secondary N) is 2. The van der Waals surface area contributed by atoms with E-state index in [2.05, 4.69) is 24.5 Å². The molecule has 0 aromatic carbocycles. The van der Waals surface area contributed by atoms with Crippen molar-refractivity contribution in [2.24, 2.45) is 11.8 Å². The standard InChI is InChI=1S/C15H30N2O2/c1-11(2)8-9-16-15(19)12(3)17-14-7-5-4-6-13(14)10-18/h11-14,17-18H,4-10H2,1-3H3,(H,16,19). The second-order valence-electron chi connectivity index (χ2n) is 6.20. The predicted octanol–water partition coefficient (Wildman–Crippen LogP) is 1.68. The number of hydrogen-bond donors (Lipinski definition) is 3. The number of carbonyl (C=O) groups is 1. The van der Waals surface area contributed by atoms with Crippen molar-refractivity contribution in [2.75, 3.05) is 13.2 Å². The van der Waals surface area contributed by atoms with Crippen molar-refractivity contribution in [1.29, 1.82) is 0 Å². The molecule has 3 unspecified atom stereocenters. The molecule has 0 saturated heterocycles. The fourth-order valence-electron chi connectivity index (χ4n) is 2.68. The maximum absolute atomic E-state index is 12.0. The lowest BCUT2D eigenvalue weighted by atomic mass is 9.84. The van der Waals surface area contributed by atoms with Crippen LogP contribution in [-0.4, -0.2) is 36.2 Å². The van der Waals surface area contributed by atoms with Crippen molar-refractivity contribution in [3.8, 4) is 0 Å². The summed E-state index contributed by atoms with van der Waals surface area (Å²) in [5, 5.41) is 15.7.